The van der Waals surface area contributed by atoms with Crippen molar-refractivity contribution in [2.75, 3.05) is 0 Å². The Hall–Kier alpha value is -0.710. The first-order valence-electron chi connectivity index (χ1n) is 6.24. The monoisotopic (exact) mass is 671 g/mol. The molecule has 4 N–H and O–H groups in total. The zero-order valence-electron chi connectivity index (χ0n) is 12.4. The van der Waals surface area contributed by atoms with Crippen LogP contribution >= 0.6 is 67.8 Å². The summed E-state index contributed by atoms with van der Waals surface area (Å²) in [4.78, 5) is 47.1. The van der Waals surface area contributed by atoms with Crippen LogP contribution in [0.25, 0.3) is 0 Å². The third-order valence-electron chi connectivity index (χ3n) is 2.51. The van der Waals surface area contributed by atoms with Crippen LogP contribution in [0.5, 0.6) is 0 Å². The van der Waals surface area contributed by atoms with Gasteiger partial charge in [0.25, 0.3) is 0 Å². The minimum Gasteiger partial charge on any atom is -0.407 e. The van der Waals surface area contributed by atoms with Gasteiger partial charge in [-0.25, -0.2) is 4.79 Å². The summed E-state index contributed by atoms with van der Waals surface area (Å²) >= 11 is 5.98. The van der Waals surface area contributed by atoms with E-state index in [4.69, 9.17) is 10.5 Å². The van der Waals surface area contributed by atoms with Crippen molar-refractivity contribution in [3.63, 3.8) is 0 Å². The molecule has 0 unspecified atom stereocenters. The molecular weight excluding hydrogens is 659 g/mol. The fraction of sp³-hybridized carbons (Fsp3) is 0.231. The number of amides is 3. The van der Waals surface area contributed by atoms with Crippen LogP contribution in [-0.4, -0.2) is 29.5 Å². The average Bonchev–Trinajstić information content (AvgIpc) is 2.34. The molecule has 8 nitrogen and oxygen atoms in total. The number of halogens is 3. The van der Waals surface area contributed by atoms with E-state index in [1.165, 1.54) is 0 Å². The number of carbonyl (C=O) groups excluding carboxylic acids is 4. The molecule has 1 aromatic rings. The van der Waals surface area contributed by atoms with Gasteiger partial charge in [-0.2, -0.15) is 0 Å². The van der Waals surface area contributed by atoms with Crippen molar-refractivity contribution in [2.45, 2.75) is 19.7 Å². The topological polar surface area (TPSA) is 128 Å². The number of nitrogens with two attached hydrogens (primary N) is 1. The Bertz CT molecular complexity index is 684. The molecule has 0 aliphatic carbocycles. The van der Waals surface area contributed by atoms with E-state index in [9.17, 15) is 19.2 Å². The molecule has 0 saturated heterocycles. The molecule has 0 atom stereocenters. The second-order valence-corrected chi connectivity index (χ2v) is 8.11. The quantitative estimate of drug-likeness (QED) is 0.246. The lowest BCUT2D eigenvalue weighted by molar-refractivity contribution is -0.155. The van der Waals surface area contributed by atoms with Gasteiger partial charge in [0, 0.05) is 24.6 Å². The van der Waals surface area contributed by atoms with Crippen molar-refractivity contribution in [1.29, 1.82) is 0 Å². The van der Waals surface area contributed by atoms with Crippen LogP contribution in [0.15, 0.2) is 12.1 Å². The molecule has 1 aromatic carbocycles. The van der Waals surface area contributed by atoms with Gasteiger partial charge in [0.15, 0.2) is 0 Å². The number of primary amides is 1. The predicted octanol–water partition coefficient (Wildman–Crippen LogP) is 1.07. The number of rotatable bonds is 5. The first kappa shape index (κ1) is 21.3. The molecule has 0 aliphatic rings. The van der Waals surface area contributed by atoms with Crippen LogP contribution in [0.4, 0.5) is 0 Å². The third kappa shape index (κ3) is 5.40. The molecule has 0 heterocycles. The van der Waals surface area contributed by atoms with E-state index in [-0.39, 0.29) is 5.56 Å². The summed E-state index contributed by atoms with van der Waals surface area (Å²) in [6.45, 7) is 2.18. The Morgan fingerprint density at radius 2 is 1.42 bits per heavy atom. The van der Waals surface area contributed by atoms with Gasteiger partial charge in [-0.15, -0.1) is 0 Å². The van der Waals surface area contributed by atoms with E-state index in [1.807, 2.05) is 45.2 Å². The van der Waals surface area contributed by atoms with E-state index in [2.05, 4.69) is 33.2 Å². The highest BCUT2D eigenvalue weighted by atomic mass is 127. The highest BCUT2D eigenvalue weighted by Gasteiger charge is 2.44. The molecule has 0 aromatic heterocycles. The van der Waals surface area contributed by atoms with Gasteiger partial charge < -0.3 is 10.5 Å². The van der Waals surface area contributed by atoms with Crippen molar-refractivity contribution in [1.82, 2.24) is 10.6 Å². The third-order valence-corrected chi connectivity index (χ3v) is 4.83. The summed E-state index contributed by atoms with van der Waals surface area (Å²) in [5.41, 5.74) is 5.44. The maximum atomic E-state index is 12.5. The van der Waals surface area contributed by atoms with Crippen LogP contribution in [0.1, 0.15) is 24.2 Å². The standard InChI is InChI=1S/C13H12I3N3O5/c1-5(20)18-13(12(17)23,19-6(2)21)24-11(22)10-8(15)3-7(14)4-9(10)16/h3-4H,1-2H3,(H2,17,23)(H,18,20)(H,19,21). The van der Waals surface area contributed by atoms with Crippen molar-refractivity contribution >= 4 is 91.5 Å². The van der Waals surface area contributed by atoms with Crippen molar-refractivity contribution in [2.24, 2.45) is 5.73 Å². The number of hydrogen-bond donors (Lipinski definition) is 3. The number of benzene rings is 1. The molecule has 130 valence electrons. The molecule has 11 heteroatoms. The molecule has 0 aliphatic heterocycles. The van der Waals surface area contributed by atoms with Crippen LogP contribution in [0.3, 0.4) is 0 Å². The molecule has 1 rings (SSSR count). The van der Waals surface area contributed by atoms with Crippen LogP contribution < -0.4 is 16.4 Å². The molecule has 3 amide bonds. The molecule has 0 radical (unpaired) electrons. The molecular formula is C13H12I3N3O5. The SMILES string of the molecule is CC(=O)NC(NC(C)=O)(OC(=O)c1c(I)cc(I)cc1I)C(N)=O. The minimum absolute atomic E-state index is 0.193. The summed E-state index contributed by atoms with van der Waals surface area (Å²) in [5.74, 6) is -6.06. The van der Waals surface area contributed by atoms with Gasteiger partial charge in [0.05, 0.1) is 5.56 Å². The summed E-state index contributed by atoms with van der Waals surface area (Å²) in [6, 6.07) is 3.48. The van der Waals surface area contributed by atoms with E-state index in [0.29, 0.717) is 7.14 Å². The van der Waals surface area contributed by atoms with Gasteiger partial charge in [-0.05, 0) is 79.9 Å². The van der Waals surface area contributed by atoms with Gasteiger partial charge in [-0.3, -0.25) is 25.0 Å². The highest BCUT2D eigenvalue weighted by Crippen LogP contribution is 2.24. The number of carbonyl (C=O) groups is 4. The summed E-state index contributed by atoms with van der Waals surface area (Å²) in [7, 11) is 0. The normalized spacial score (nSPS) is 10.7. The molecule has 0 saturated carbocycles. The fourth-order valence-corrected chi connectivity index (χ4v) is 5.70. The lowest BCUT2D eigenvalue weighted by atomic mass is 10.2. The predicted molar refractivity (Wildman–Crippen MR) is 110 cm³/mol. The van der Waals surface area contributed by atoms with Crippen LogP contribution in [0.2, 0.25) is 0 Å². The Morgan fingerprint density at radius 3 is 1.75 bits per heavy atom. The van der Waals surface area contributed by atoms with E-state index in [0.717, 1.165) is 17.4 Å². The van der Waals surface area contributed by atoms with Crippen molar-refractivity contribution < 1.29 is 23.9 Å². The number of hydrogen-bond acceptors (Lipinski definition) is 5. The van der Waals surface area contributed by atoms with Crippen molar-refractivity contribution in [3.05, 3.63) is 28.4 Å². The van der Waals surface area contributed by atoms with E-state index >= 15 is 0 Å². The Kier molecular flexibility index (Phi) is 7.64. The lowest BCUT2D eigenvalue weighted by Crippen LogP contribution is -2.69. The molecule has 24 heavy (non-hydrogen) atoms. The Balaban J connectivity index is 3.32. The van der Waals surface area contributed by atoms with Gasteiger partial charge in [0.2, 0.25) is 11.8 Å². The minimum atomic E-state index is -2.47. The summed E-state index contributed by atoms with van der Waals surface area (Å²) in [6.07, 6.45) is 0. The van der Waals surface area contributed by atoms with E-state index in [1.54, 1.807) is 12.1 Å². The summed E-state index contributed by atoms with van der Waals surface area (Å²) in [5, 5.41) is 4.16. The zero-order valence-corrected chi connectivity index (χ0v) is 18.9. The first-order valence-corrected chi connectivity index (χ1v) is 9.47. The average molecular weight is 671 g/mol. The van der Waals surface area contributed by atoms with E-state index < -0.39 is 29.5 Å². The second-order valence-electron chi connectivity index (χ2n) is 4.54. The molecule has 0 fully saturated rings. The Labute approximate surface area is 178 Å². The fourth-order valence-electron chi connectivity index (χ4n) is 1.68. The number of esters is 1. The van der Waals surface area contributed by atoms with Crippen LogP contribution in [-0.2, 0) is 19.1 Å². The smallest absolute Gasteiger partial charge is 0.348 e. The highest BCUT2D eigenvalue weighted by molar-refractivity contribution is 14.1. The zero-order chi connectivity index (χ0) is 18.7. The van der Waals surface area contributed by atoms with Gasteiger partial charge in [0.1, 0.15) is 0 Å². The first-order chi connectivity index (χ1) is 11.0. The van der Waals surface area contributed by atoms with Gasteiger partial charge in [-0.1, -0.05) is 0 Å². The molecule has 0 bridgehead atoms. The lowest BCUT2D eigenvalue weighted by Gasteiger charge is -2.30. The largest absolute Gasteiger partial charge is 0.407 e. The maximum absolute atomic E-state index is 12.5. The molecule has 0 spiro atoms. The number of nitrogens with one attached hydrogen (secondary N) is 2. The van der Waals surface area contributed by atoms with Crippen LogP contribution in [0, 0.1) is 10.7 Å². The maximum Gasteiger partial charge on any atom is 0.348 e. The van der Waals surface area contributed by atoms with Gasteiger partial charge >= 0.3 is 17.7 Å². The second kappa shape index (κ2) is 8.59. The Morgan fingerprint density at radius 1 is 1.00 bits per heavy atom. The summed E-state index contributed by atoms with van der Waals surface area (Å²) < 4.78 is 7.19. The number of ether oxygens (including phenoxy) is 1. The van der Waals surface area contributed by atoms with Crippen molar-refractivity contribution in [3.8, 4) is 0 Å².